The predicted octanol–water partition coefficient (Wildman–Crippen LogP) is 3.97. The molecule has 0 bridgehead atoms. The molecule has 1 nitrogen and oxygen atoms in total. The molecule has 94 valence electrons. The van der Waals surface area contributed by atoms with Crippen LogP contribution in [0.5, 0.6) is 0 Å². The van der Waals surface area contributed by atoms with E-state index in [-0.39, 0.29) is 5.92 Å². The van der Waals surface area contributed by atoms with E-state index in [1.807, 2.05) is 0 Å². The van der Waals surface area contributed by atoms with Crippen LogP contribution in [0.4, 0.5) is 0 Å². The van der Waals surface area contributed by atoms with E-state index < -0.39 is 0 Å². The minimum absolute atomic E-state index is 0.258. The Bertz CT molecular complexity index is 492. The van der Waals surface area contributed by atoms with E-state index in [1.165, 1.54) is 32.1 Å². The topological polar surface area (TPSA) is 17.1 Å². The molecule has 4 aliphatic carbocycles. The van der Waals surface area contributed by atoms with Crippen LogP contribution in [0.1, 0.15) is 44.9 Å². The Kier molecular flexibility index (Phi) is 2.36. The summed E-state index contributed by atoms with van der Waals surface area (Å²) in [6.07, 6.45) is 15.3. The Morgan fingerprint density at radius 2 is 2.06 bits per heavy atom. The van der Waals surface area contributed by atoms with Crippen LogP contribution in [-0.4, -0.2) is 5.78 Å². The summed E-state index contributed by atoms with van der Waals surface area (Å²) >= 11 is 0. The molecule has 0 saturated heterocycles. The van der Waals surface area contributed by atoms with Crippen molar-refractivity contribution in [2.75, 3.05) is 0 Å². The van der Waals surface area contributed by atoms with Crippen LogP contribution in [0.3, 0.4) is 0 Å². The smallest absolute Gasteiger partial charge is 0.140 e. The predicted molar refractivity (Wildman–Crippen MR) is 72.0 cm³/mol. The molecule has 1 saturated carbocycles. The molecule has 0 unspecified atom stereocenters. The number of Topliss-reactive ketones (excluding diaryl/α,β-unsaturated/α-hetero) is 1. The zero-order chi connectivity index (χ0) is 12.1. The van der Waals surface area contributed by atoms with Crippen LogP contribution >= 0.6 is 0 Å². The molecular formula is C17H20O. The zero-order valence-electron chi connectivity index (χ0n) is 10.8. The minimum Gasteiger partial charge on any atom is -0.299 e. The third kappa shape index (κ3) is 1.43. The first-order chi connectivity index (χ1) is 8.84. The van der Waals surface area contributed by atoms with E-state index in [9.17, 15) is 4.79 Å². The fourth-order valence-corrected chi connectivity index (χ4v) is 4.58. The van der Waals surface area contributed by atoms with E-state index in [0.29, 0.717) is 17.6 Å². The SMILES string of the molecule is O=C1CC[C@@H]2[C@@H]1C=CC1=C3CCCC=C3CC[C@H]12. The van der Waals surface area contributed by atoms with Crippen molar-refractivity contribution in [1.82, 2.24) is 0 Å². The monoisotopic (exact) mass is 240 g/mol. The number of hydrogen-bond donors (Lipinski definition) is 0. The summed E-state index contributed by atoms with van der Waals surface area (Å²) in [5, 5.41) is 0. The summed E-state index contributed by atoms with van der Waals surface area (Å²) in [7, 11) is 0. The van der Waals surface area contributed by atoms with Gasteiger partial charge < -0.3 is 0 Å². The number of carbonyl (C=O) groups excluding carboxylic acids is 1. The molecule has 0 spiro atoms. The van der Waals surface area contributed by atoms with E-state index in [2.05, 4.69) is 18.2 Å². The van der Waals surface area contributed by atoms with Gasteiger partial charge in [-0.05, 0) is 67.1 Å². The fraction of sp³-hybridized carbons (Fsp3) is 0.588. The molecule has 3 atom stereocenters. The van der Waals surface area contributed by atoms with E-state index >= 15 is 0 Å². The van der Waals surface area contributed by atoms with Crippen LogP contribution in [-0.2, 0) is 4.79 Å². The van der Waals surface area contributed by atoms with Gasteiger partial charge >= 0.3 is 0 Å². The fourth-order valence-electron chi connectivity index (χ4n) is 4.58. The zero-order valence-corrected chi connectivity index (χ0v) is 10.8. The molecule has 0 aliphatic heterocycles. The van der Waals surface area contributed by atoms with Crippen LogP contribution in [0, 0.1) is 17.8 Å². The molecule has 1 fully saturated rings. The maximum absolute atomic E-state index is 11.9. The van der Waals surface area contributed by atoms with Gasteiger partial charge in [0.25, 0.3) is 0 Å². The highest BCUT2D eigenvalue weighted by atomic mass is 16.1. The summed E-state index contributed by atoms with van der Waals surface area (Å²) in [5.74, 6) is 2.07. The van der Waals surface area contributed by atoms with E-state index in [0.717, 1.165) is 12.8 Å². The Hall–Kier alpha value is -1.11. The first kappa shape index (κ1) is 10.8. The van der Waals surface area contributed by atoms with Crippen molar-refractivity contribution in [3.8, 4) is 0 Å². The Morgan fingerprint density at radius 3 is 3.00 bits per heavy atom. The number of rotatable bonds is 0. The number of ketones is 1. The maximum Gasteiger partial charge on any atom is 0.140 e. The molecule has 0 aromatic carbocycles. The molecule has 1 heteroatoms. The lowest BCUT2D eigenvalue weighted by atomic mass is 9.66. The highest BCUT2D eigenvalue weighted by Crippen LogP contribution is 2.50. The third-order valence-corrected chi connectivity index (χ3v) is 5.44. The average molecular weight is 240 g/mol. The minimum atomic E-state index is 0.258. The number of allylic oxidation sites excluding steroid dienone is 6. The second-order valence-corrected chi connectivity index (χ2v) is 6.25. The summed E-state index contributed by atoms with van der Waals surface area (Å²) < 4.78 is 0. The van der Waals surface area contributed by atoms with Gasteiger partial charge in [0.15, 0.2) is 0 Å². The van der Waals surface area contributed by atoms with Gasteiger partial charge in [-0.3, -0.25) is 4.79 Å². The Morgan fingerprint density at radius 1 is 1.11 bits per heavy atom. The molecule has 0 aromatic heterocycles. The average Bonchev–Trinajstić information content (AvgIpc) is 2.80. The van der Waals surface area contributed by atoms with Crippen molar-refractivity contribution in [3.63, 3.8) is 0 Å². The van der Waals surface area contributed by atoms with Gasteiger partial charge in [0.1, 0.15) is 5.78 Å². The maximum atomic E-state index is 11.9. The van der Waals surface area contributed by atoms with Crippen LogP contribution in [0.25, 0.3) is 0 Å². The molecule has 0 amide bonds. The van der Waals surface area contributed by atoms with Crippen molar-refractivity contribution in [1.29, 1.82) is 0 Å². The summed E-state index contributed by atoms with van der Waals surface area (Å²) in [4.78, 5) is 11.9. The van der Waals surface area contributed by atoms with Gasteiger partial charge in [-0.2, -0.15) is 0 Å². The van der Waals surface area contributed by atoms with Crippen molar-refractivity contribution in [2.24, 2.45) is 17.8 Å². The van der Waals surface area contributed by atoms with Crippen molar-refractivity contribution < 1.29 is 4.79 Å². The van der Waals surface area contributed by atoms with Gasteiger partial charge in [0.05, 0.1) is 0 Å². The third-order valence-electron chi connectivity index (χ3n) is 5.44. The standard InChI is InChI=1S/C17H20O/c18-17-10-9-15-14-6-5-11-3-1-2-4-12(11)13(14)7-8-16(15)17/h3,7-8,14-16H,1-2,4-6,9-10H2/t14-,15+,16+/m1/s1. The highest BCUT2D eigenvalue weighted by Gasteiger charge is 2.43. The molecule has 0 N–H and O–H groups in total. The van der Waals surface area contributed by atoms with Gasteiger partial charge in [-0.15, -0.1) is 0 Å². The van der Waals surface area contributed by atoms with E-state index in [1.54, 1.807) is 16.7 Å². The summed E-state index contributed by atoms with van der Waals surface area (Å²) in [6.45, 7) is 0. The Labute approximate surface area is 109 Å². The lowest BCUT2D eigenvalue weighted by Crippen LogP contribution is -2.29. The molecule has 4 aliphatic rings. The Balaban J connectivity index is 1.80. The highest BCUT2D eigenvalue weighted by molar-refractivity contribution is 5.85. The van der Waals surface area contributed by atoms with E-state index in [4.69, 9.17) is 0 Å². The summed E-state index contributed by atoms with van der Waals surface area (Å²) in [6, 6.07) is 0. The molecule has 0 aromatic rings. The second-order valence-electron chi connectivity index (χ2n) is 6.25. The number of fused-ring (bicyclic) bond motifs is 4. The van der Waals surface area contributed by atoms with Gasteiger partial charge in [-0.1, -0.05) is 18.2 Å². The number of carbonyl (C=O) groups is 1. The molecule has 0 radical (unpaired) electrons. The first-order valence-corrected chi connectivity index (χ1v) is 7.48. The molecule has 0 heterocycles. The van der Waals surface area contributed by atoms with Crippen LogP contribution in [0.15, 0.2) is 34.9 Å². The normalized spacial score (nSPS) is 38.1. The first-order valence-electron chi connectivity index (χ1n) is 7.48. The van der Waals surface area contributed by atoms with Crippen molar-refractivity contribution in [3.05, 3.63) is 34.9 Å². The lowest BCUT2D eigenvalue weighted by molar-refractivity contribution is -0.120. The van der Waals surface area contributed by atoms with Crippen LogP contribution < -0.4 is 0 Å². The molecule has 4 rings (SSSR count). The largest absolute Gasteiger partial charge is 0.299 e. The van der Waals surface area contributed by atoms with Gasteiger partial charge in [-0.25, -0.2) is 0 Å². The number of hydrogen-bond acceptors (Lipinski definition) is 1. The molecule has 18 heavy (non-hydrogen) atoms. The van der Waals surface area contributed by atoms with Crippen molar-refractivity contribution in [2.45, 2.75) is 44.9 Å². The van der Waals surface area contributed by atoms with Gasteiger partial charge in [0, 0.05) is 12.3 Å². The molecular weight excluding hydrogens is 220 g/mol. The lowest BCUT2D eigenvalue weighted by Gasteiger charge is -2.38. The summed E-state index contributed by atoms with van der Waals surface area (Å²) in [5.41, 5.74) is 4.87. The van der Waals surface area contributed by atoms with Crippen molar-refractivity contribution >= 4 is 5.78 Å². The van der Waals surface area contributed by atoms with Crippen LogP contribution in [0.2, 0.25) is 0 Å². The van der Waals surface area contributed by atoms with Gasteiger partial charge in [0.2, 0.25) is 0 Å². The second kappa shape index (κ2) is 3.94. The quantitative estimate of drug-likeness (QED) is 0.626.